The summed E-state index contributed by atoms with van der Waals surface area (Å²) in [6.45, 7) is 2.68. The minimum atomic E-state index is -3.36. The molecule has 118 valence electrons. The summed E-state index contributed by atoms with van der Waals surface area (Å²) in [5.74, 6) is -0.350. The second-order valence-corrected chi connectivity index (χ2v) is 7.08. The van der Waals surface area contributed by atoms with Crippen molar-refractivity contribution < 1.29 is 13.2 Å². The standard InChI is InChI=1S/C13H16N4O3S2/c1-3-14-13-16-11(8-21-13)12(18)15-9-5-4-6-10(7-9)17-22(2,19)20/h4-8,17H,3H2,1-2H3,(H,14,16)(H,15,18). The molecule has 0 aliphatic carbocycles. The Morgan fingerprint density at radius 2 is 2.05 bits per heavy atom. The molecule has 0 aliphatic rings. The molecule has 0 bridgehead atoms. The summed E-state index contributed by atoms with van der Waals surface area (Å²) >= 11 is 1.35. The Morgan fingerprint density at radius 3 is 2.73 bits per heavy atom. The summed E-state index contributed by atoms with van der Waals surface area (Å²) in [5.41, 5.74) is 1.17. The number of hydrogen-bond acceptors (Lipinski definition) is 6. The highest BCUT2D eigenvalue weighted by Crippen LogP contribution is 2.19. The van der Waals surface area contributed by atoms with Gasteiger partial charge in [-0.3, -0.25) is 9.52 Å². The number of rotatable bonds is 6. The van der Waals surface area contributed by atoms with E-state index in [0.29, 0.717) is 22.2 Å². The van der Waals surface area contributed by atoms with Crippen LogP contribution >= 0.6 is 11.3 Å². The third-order valence-corrected chi connectivity index (χ3v) is 3.90. The van der Waals surface area contributed by atoms with Gasteiger partial charge in [0.1, 0.15) is 5.69 Å². The maximum Gasteiger partial charge on any atom is 0.275 e. The predicted octanol–water partition coefficient (Wildman–Crippen LogP) is 2.20. The van der Waals surface area contributed by atoms with Gasteiger partial charge in [-0.1, -0.05) is 6.07 Å². The van der Waals surface area contributed by atoms with Crippen LogP contribution in [0.3, 0.4) is 0 Å². The highest BCUT2D eigenvalue weighted by atomic mass is 32.2. The van der Waals surface area contributed by atoms with Gasteiger partial charge in [0, 0.05) is 17.6 Å². The fourth-order valence-corrected chi connectivity index (χ4v) is 3.00. The summed E-state index contributed by atoms with van der Waals surface area (Å²) in [6.07, 6.45) is 1.07. The molecule has 2 aromatic rings. The van der Waals surface area contributed by atoms with Gasteiger partial charge < -0.3 is 10.6 Å². The van der Waals surface area contributed by atoms with Crippen LogP contribution in [0.25, 0.3) is 0 Å². The van der Waals surface area contributed by atoms with Crippen molar-refractivity contribution in [2.24, 2.45) is 0 Å². The van der Waals surface area contributed by atoms with Crippen LogP contribution < -0.4 is 15.4 Å². The molecule has 2 rings (SSSR count). The van der Waals surface area contributed by atoms with Crippen LogP contribution in [0.4, 0.5) is 16.5 Å². The molecule has 1 heterocycles. The van der Waals surface area contributed by atoms with E-state index in [-0.39, 0.29) is 5.91 Å². The summed E-state index contributed by atoms with van der Waals surface area (Å²) < 4.78 is 24.8. The van der Waals surface area contributed by atoms with E-state index in [1.807, 2.05) is 6.92 Å². The van der Waals surface area contributed by atoms with Crippen LogP contribution in [-0.4, -0.2) is 32.1 Å². The van der Waals surface area contributed by atoms with Gasteiger partial charge in [-0.25, -0.2) is 13.4 Å². The normalized spacial score (nSPS) is 11.0. The SMILES string of the molecule is CCNc1nc(C(=O)Nc2cccc(NS(C)(=O)=O)c2)cs1. The van der Waals surface area contributed by atoms with Crippen molar-refractivity contribution in [3.05, 3.63) is 35.3 Å². The summed E-state index contributed by atoms with van der Waals surface area (Å²) in [5, 5.41) is 8.05. The summed E-state index contributed by atoms with van der Waals surface area (Å²) in [6, 6.07) is 6.45. The molecule has 0 unspecified atom stereocenters. The molecule has 0 saturated heterocycles. The average Bonchev–Trinajstić information content (AvgIpc) is 2.86. The number of amides is 1. The maximum atomic E-state index is 12.1. The lowest BCUT2D eigenvalue weighted by Crippen LogP contribution is -2.13. The highest BCUT2D eigenvalue weighted by molar-refractivity contribution is 7.92. The van der Waals surface area contributed by atoms with Crippen LogP contribution in [0.1, 0.15) is 17.4 Å². The molecular formula is C13H16N4O3S2. The molecule has 0 fully saturated rings. The minimum absolute atomic E-state index is 0.308. The third kappa shape index (κ3) is 4.71. The topological polar surface area (TPSA) is 100 Å². The van der Waals surface area contributed by atoms with E-state index < -0.39 is 10.0 Å². The molecule has 9 heteroatoms. The van der Waals surface area contributed by atoms with E-state index >= 15 is 0 Å². The predicted molar refractivity (Wildman–Crippen MR) is 89.1 cm³/mol. The first-order valence-electron chi connectivity index (χ1n) is 6.46. The van der Waals surface area contributed by atoms with Gasteiger partial charge in [0.25, 0.3) is 5.91 Å². The lowest BCUT2D eigenvalue weighted by molar-refractivity contribution is 0.102. The van der Waals surface area contributed by atoms with Gasteiger partial charge in [-0.15, -0.1) is 11.3 Å². The fourth-order valence-electron chi connectivity index (χ4n) is 1.68. The Kier molecular flexibility index (Phi) is 4.99. The van der Waals surface area contributed by atoms with Crippen molar-refractivity contribution in [3.8, 4) is 0 Å². The molecule has 0 saturated carbocycles. The fraction of sp³-hybridized carbons (Fsp3) is 0.231. The zero-order valence-corrected chi connectivity index (χ0v) is 13.7. The number of carbonyl (C=O) groups excluding carboxylic acids is 1. The monoisotopic (exact) mass is 340 g/mol. The van der Waals surface area contributed by atoms with Gasteiger partial charge >= 0.3 is 0 Å². The van der Waals surface area contributed by atoms with Gasteiger partial charge in [0.15, 0.2) is 5.13 Å². The van der Waals surface area contributed by atoms with Crippen LogP contribution in [0.15, 0.2) is 29.6 Å². The molecule has 3 N–H and O–H groups in total. The Balaban J connectivity index is 2.09. The number of hydrogen-bond donors (Lipinski definition) is 3. The average molecular weight is 340 g/mol. The number of anilines is 3. The van der Waals surface area contributed by atoms with E-state index in [1.165, 1.54) is 17.4 Å². The molecule has 0 atom stereocenters. The second kappa shape index (κ2) is 6.75. The number of benzene rings is 1. The van der Waals surface area contributed by atoms with Crippen molar-refractivity contribution in [1.29, 1.82) is 0 Å². The summed E-state index contributed by atoms with van der Waals surface area (Å²) in [4.78, 5) is 16.3. The Hall–Kier alpha value is -2.13. The van der Waals surface area contributed by atoms with Crippen molar-refractivity contribution in [2.75, 3.05) is 28.2 Å². The Labute approximate surface area is 132 Å². The number of aromatic nitrogens is 1. The Bertz CT molecular complexity index is 771. The molecule has 0 aliphatic heterocycles. The largest absolute Gasteiger partial charge is 0.362 e. The van der Waals surface area contributed by atoms with Crippen LogP contribution in [0.2, 0.25) is 0 Å². The first kappa shape index (κ1) is 16.2. The highest BCUT2D eigenvalue weighted by Gasteiger charge is 2.11. The third-order valence-electron chi connectivity index (χ3n) is 2.49. The van der Waals surface area contributed by atoms with E-state index in [0.717, 1.165) is 12.8 Å². The van der Waals surface area contributed by atoms with Gasteiger partial charge in [0.05, 0.1) is 11.9 Å². The molecule has 0 radical (unpaired) electrons. The quantitative estimate of drug-likeness (QED) is 0.748. The van der Waals surface area contributed by atoms with Gasteiger partial charge in [-0.05, 0) is 25.1 Å². The van der Waals surface area contributed by atoms with Crippen molar-refractivity contribution in [2.45, 2.75) is 6.92 Å². The molecule has 1 amide bonds. The maximum absolute atomic E-state index is 12.1. The van der Waals surface area contributed by atoms with Crippen molar-refractivity contribution in [3.63, 3.8) is 0 Å². The lowest BCUT2D eigenvalue weighted by atomic mass is 10.3. The van der Waals surface area contributed by atoms with E-state index in [2.05, 4.69) is 20.3 Å². The van der Waals surface area contributed by atoms with Crippen LogP contribution in [0.5, 0.6) is 0 Å². The number of carbonyl (C=O) groups is 1. The zero-order valence-electron chi connectivity index (χ0n) is 12.1. The van der Waals surface area contributed by atoms with Crippen molar-refractivity contribution in [1.82, 2.24) is 4.98 Å². The van der Waals surface area contributed by atoms with Crippen LogP contribution in [-0.2, 0) is 10.0 Å². The number of sulfonamides is 1. The van der Waals surface area contributed by atoms with E-state index in [1.54, 1.807) is 23.6 Å². The number of thiazole rings is 1. The van der Waals surface area contributed by atoms with E-state index in [4.69, 9.17) is 0 Å². The molecular weight excluding hydrogens is 324 g/mol. The molecule has 0 spiro atoms. The molecule has 22 heavy (non-hydrogen) atoms. The molecule has 1 aromatic carbocycles. The minimum Gasteiger partial charge on any atom is -0.362 e. The molecule has 7 nitrogen and oxygen atoms in total. The first-order chi connectivity index (χ1) is 10.4. The second-order valence-electron chi connectivity index (χ2n) is 4.48. The van der Waals surface area contributed by atoms with Gasteiger partial charge in [-0.2, -0.15) is 0 Å². The molecule has 1 aromatic heterocycles. The smallest absolute Gasteiger partial charge is 0.275 e. The first-order valence-corrected chi connectivity index (χ1v) is 9.23. The lowest BCUT2D eigenvalue weighted by Gasteiger charge is -2.07. The van der Waals surface area contributed by atoms with Crippen LogP contribution in [0, 0.1) is 0 Å². The zero-order chi connectivity index (χ0) is 16.2. The Morgan fingerprint density at radius 1 is 1.32 bits per heavy atom. The van der Waals surface area contributed by atoms with Gasteiger partial charge in [0.2, 0.25) is 10.0 Å². The van der Waals surface area contributed by atoms with E-state index in [9.17, 15) is 13.2 Å². The number of nitrogens with zero attached hydrogens (tertiary/aromatic N) is 1. The van der Waals surface area contributed by atoms with Crippen molar-refractivity contribution >= 4 is 43.8 Å². The number of nitrogens with one attached hydrogen (secondary N) is 3. The summed E-state index contributed by atoms with van der Waals surface area (Å²) in [7, 11) is -3.36.